The van der Waals surface area contributed by atoms with Gasteiger partial charge < -0.3 is 5.32 Å². The fourth-order valence-corrected chi connectivity index (χ4v) is 3.30. The van der Waals surface area contributed by atoms with Gasteiger partial charge in [0.25, 0.3) is 23.6 Å². The third-order valence-electron chi connectivity index (χ3n) is 4.56. The van der Waals surface area contributed by atoms with Crippen LogP contribution in [0.2, 0.25) is 0 Å². The van der Waals surface area contributed by atoms with Gasteiger partial charge in [0.15, 0.2) is 0 Å². The molecular formula is C19H13N3O5. The molecule has 27 heavy (non-hydrogen) atoms. The zero-order valence-corrected chi connectivity index (χ0v) is 14.4. The van der Waals surface area contributed by atoms with Gasteiger partial charge in [0.05, 0.1) is 33.6 Å². The van der Waals surface area contributed by atoms with Crippen molar-refractivity contribution in [3.63, 3.8) is 0 Å². The fourth-order valence-electron chi connectivity index (χ4n) is 3.30. The summed E-state index contributed by atoms with van der Waals surface area (Å²) in [6.07, 6.45) is 0. The lowest BCUT2D eigenvalue weighted by atomic mass is 10.1. The van der Waals surface area contributed by atoms with E-state index < -0.39 is 23.6 Å². The van der Waals surface area contributed by atoms with E-state index in [2.05, 4.69) is 5.32 Å². The Morgan fingerprint density at radius 3 is 2.26 bits per heavy atom. The normalized spacial score (nSPS) is 15.3. The van der Waals surface area contributed by atoms with E-state index in [1.807, 2.05) is 0 Å². The molecule has 134 valence electrons. The zero-order valence-electron chi connectivity index (χ0n) is 14.4. The van der Waals surface area contributed by atoms with Crippen molar-refractivity contribution in [2.45, 2.75) is 6.92 Å². The predicted octanol–water partition coefficient (Wildman–Crippen LogP) is 1.67. The van der Waals surface area contributed by atoms with E-state index in [1.54, 1.807) is 6.07 Å². The van der Waals surface area contributed by atoms with Crippen molar-refractivity contribution in [1.29, 1.82) is 0 Å². The van der Waals surface area contributed by atoms with Crippen LogP contribution in [0.3, 0.4) is 0 Å². The number of carbonyl (C=O) groups excluding carboxylic acids is 5. The van der Waals surface area contributed by atoms with Crippen molar-refractivity contribution in [2.24, 2.45) is 0 Å². The molecule has 4 rings (SSSR count). The smallest absolute Gasteiger partial charge is 0.268 e. The van der Waals surface area contributed by atoms with Gasteiger partial charge in [0.1, 0.15) is 0 Å². The maximum Gasteiger partial charge on any atom is 0.268 e. The minimum atomic E-state index is -0.607. The minimum absolute atomic E-state index is 0.0951. The predicted molar refractivity (Wildman–Crippen MR) is 94.8 cm³/mol. The monoisotopic (exact) mass is 363 g/mol. The van der Waals surface area contributed by atoms with Crippen LogP contribution in [-0.4, -0.2) is 41.5 Å². The molecule has 5 amide bonds. The first-order chi connectivity index (χ1) is 12.8. The van der Waals surface area contributed by atoms with Crippen molar-refractivity contribution in [1.82, 2.24) is 4.90 Å². The summed E-state index contributed by atoms with van der Waals surface area (Å²) >= 11 is 0. The first-order valence-corrected chi connectivity index (χ1v) is 8.07. The molecule has 0 aliphatic carbocycles. The van der Waals surface area contributed by atoms with E-state index in [4.69, 9.17) is 0 Å². The van der Waals surface area contributed by atoms with Gasteiger partial charge in [-0.2, -0.15) is 0 Å². The summed E-state index contributed by atoms with van der Waals surface area (Å²) < 4.78 is 0. The second-order valence-corrected chi connectivity index (χ2v) is 6.25. The number of rotatable bonds is 2. The molecule has 0 fully saturated rings. The Morgan fingerprint density at radius 1 is 0.852 bits per heavy atom. The molecule has 0 spiro atoms. The number of hydrogen-bond donors (Lipinski definition) is 1. The number of nitrogens with zero attached hydrogens (tertiary/aromatic N) is 2. The molecule has 0 saturated heterocycles. The molecule has 2 aliphatic heterocycles. The molecule has 0 unspecified atom stereocenters. The van der Waals surface area contributed by atoms with Gasteiger partial charge in [-0.15, -0.1) is 0 Å². The number of imide groups is 2. The Labute approximate surface area is 153 Å². The molecule has 2 aromatic rings. The Balaban J connectivity index is 1.80. The number of nitrogens with one attached hydrogen (secondary N) is 1. The number of amides is 5. The van der Waals surface area contributed by atoms with Gasteiger partial charge in [-0.1, -0.05) is 6.07 Å². The van der Waals surface area contributed by atoms with Gasteiger partial charge in [0.2, 0.25) is 5.91 Å². The van der Waals surface area contributed by atoms with Crippen LogP contribution in [0.4, 0.5) is 11.4 Å². The van der Waals surface area contributed by atoms with Crippen LogP contribution in [0.1, 0.15) is 48.4 Å². The third kappa shape index (κ3) is 2.27. The topological polar surface area (TPSA) is 104 Å². The van der Waals surface area contributed by atoms with Gasteiger partial charge in [-0.3, -0.25) is 28.9 Å². The summed E-state index contributed by atoms with van der Waals surface area (Å²) in [5.74, 6) is -2.47. The summed E-state index contributed by atoms with van der Waals surface area (Å²) in [5.41, 5.74) is 1.04. The highest BCUT2D eigenvalue weighted by atomic mass is 16.2. The SMILES string of the molecule is CC(=O)Nc1cccc2c1C(=O)N(c1ccc3c(c1)C(=O)N(C)C3=O)C2=O. The van der Waals surface area contributed by atoms with Crippen LogP contribution in [0.15, 0.2) is 36.4 Å². The van der Waals surface area contributed by atoms with E-state index in [-0.39, 0.29) is 39.5 Å². The Morgan fingerprint density at radius 2 is 1.56 bits per heavy atom. The average molecular weight is 363 g/mol. The van der Waals surface area contributed by atoms with Crippen LogP contribution in [0.5, 0.6) is 0 Å². The standard InChI is InChI=1S/C19H13N3O5/c1-9(23)20-14-5-3-4-12-15(14)19(27)22(18(12)26)10-6-7-11-13(8-10)17(25)21(2)16(11)24/h3-8H,1-2H3,(H,20,23). The van der Waals surface area contributed by atoms with Gasteiger partial charge in [-0.25, -0.2) is 4.90 Å². The zero-order chi connectivity index (χ0) is 19.5. The number of carbonyl (C=O) groups is 5. The fraction of sp³-hybridized carbons (Fsp3) is 0.105. The average Bonchev–Trinajstić information content (AvgIpc) is 3.01. The molecule has 0 bridgehead atoms. The quantitative estimate of drug-likeness (QED) is 0.818. The molecule has 0 radical (unpaired) electrons. The molecule has 2 aliphatic rings. The molecule has 8 heteroatoms. The molecule has 8 nitrogen and oxygen atoms in total. The van der Waals surface area contributed by atoms with Gasteiger partial charge in [0, 0.05) is 14.0 Å². The lowest BCUT2D eigenvalue weighted by molar-refractivity contribution is -0.114. The van der Waals surface area contributed by atoms with Crippen LogP contribution < -0.4 is 10.2 Å². The lowest BCUT2D eigenvalue weighted by Crippen LogP contribution is -2.29. The molecule has 0 aromatic heterocycles. The summed E-state index contributed by atoms with van der Waals surface area (Å²) in [5, 5.41) is 2.54. The second kappa shape index (κ2) is 5.60. The number of fused-ring (bicyclic) bond motifs is 2. The van der Waals surface area contributed by atoms with Crippen LogP contribution in [0, 0.1) is 0 Å². The molecule has 2 aromatic carbocycles. The van der Waals surface area contributed by atoms with E-state index in [0.29, 0.717) is 0 Å². The van der Waals surface area contributed by atoms with Gasteiger partial charge in [-0.05, 0) is 30.3 Å². The number of anilines is 2. The summed E-state index contributed by atoms with van der Waals surface area (Å²) in [6, 6.07) is 8.83. The minimum Gasteiger partial charge on any atom is -0.326 e. The molecular weight excluding hydrogens is 350 g/mol. The highest BCUT2D eigenvalue weighted by Gasteiger charge is 2.40. The van der Waals surface area contributed by atoms with Crippen molar-refractivity contribution in [3.05, 3.63) is 58.7 Å². The summed E-state index contributed by atoms with van der Waals surface area (Å²) in [7, 11) is 1.37. The van der Waals surface area contributed by atoms with E-state index in [1.165, 1.54) is 44.3 Å². The van der Waals surface area contributed by atoms with Gasteiger partial charge >= 0.3 is 0 Å². The Bertz CT molecular complexity index is 1090. The maximum absolute atomic E-state index is 12.9. The first-order valence-electron chi connectivity index (χ1n) is 8.07. The molecule has 1 N–H and O–H groups in total. The Kier molecular flexibility index (Phi) is 3.45. The van der Waals surface area contributed by atoms with Crippen molar-refractivity contribution >= 4 is 40.9 Å². The molecule has 0 saturated carbocycles. The van der Waals surface area contributed by atoms with Crippen molar-refractivity contribution < 1.29 is 24.0 Å². The van der Waals surface area contributed by atoms with E-state index in [9.17, 15) is 24.0 Å². The molecule has 0 atom stereocenters. The molecule has 2 heterocycles. The van der Waals surface area contributed by atoms with Crippen LogP contribution >= 0.6 is 0 Å². The third-order valence-corrected chi connectivity index (χ3v) is 4.56. The lowest BCUT2D eigenvalue weighted by Gasteiger charge is -2.14. The maximum atomic E-state index is 12.9. The van der Waals surface area contributed by atoms with Crippen LogP contribution in [-0.2, 0) is 4.79 Å². The second-order valence-electron chi connectivity index (χ2n) is 6.25. The highest BCUT2D eigenvalue weighted by Crippen LogP contribution is 2.35. The number of hydrogen-bond acceptors (Lipinski definition) is 5. The van der Waals surface area contributed by atoms with E-state index >= 15 is 0 Å². The van der Waals surface area contributed by atoms with E-state index in [0.717, 1.165) is 9.80 Å². The highest BCUT2D eigenvalue weighted by molar-refractivity contribution is 6.36. The van der Waals surface area contributed by atoms with Crippen molar-refractivity contribution in [3.8, 4) is 0 Å². The van der Waals surface area contributed by atoms with Crippen molar-refractivity contribution in [2.75, 3.05) is 17.3 Å². The Hall–Kier alpha value is -3.81. The summed E-state index contributed by atoms with van der Waals surface area (Å²) in [4.78, 5) is 63.2. The number of benzene rings is 2. The first kappa shape index (κ1) is 16.6. The largest absolute Gasteiger partial charge is 0.326 e. The van der Waals surface area contributed by atoms with Crippen LogP contribution in [0.25, 0.3) is 0 Å². The summed E-state index contributed by atoms with van der Waals surface area (Å²) in [6.45, 7) is 1.30.